The van der Waals surface area contributed by atoms with Gasteiger partial charge in [-0.1, -0.05) is 25.4 Å². The maximum absolute atomic E-state index is 12.1. The van der Waals surface area contributed by atoms with E-state index in [0.717, 1.165) is 31.4 Å². The number of ether oxygens (including phenoxy) is 1. The molecule has 1 fully saturated rings. The summed E-state index contributed by atoms with van der Waals surface area (Å²) in [5, 5.41) is 0.330. The Balaban J connectivity index is 1.98. The molecule has 2 rings (SSSR count). The Labute approximate surface area is 119 Å². The molecule has 0 aliphatic heterocycles. The minimum Gasteiger partial charge on any atom is -0.459 e. The van der Waals surface area contributed by atoms with Crippen molar-refractivity contribution in [3.05, 3.63) is 28.5 Å². The lowest BCUT2D eigenvalue weighted by molar-refractivity contribution is 0.00949. The highest BCUT2D eigenvalue weighted by molar-refractivity contribution is 6.29. The van der Waals surface area contributed by atoms with Crippen LogP contribution in [0.5, 0.6) is 0 Å². The van der Waals surface area contributed by atoms with E-state index in [1.165, 1.54) is 0 Å². The second kappa shape index (κ2) is 5.49. The van der Waals surface area contributed by atoms with Crippen molar-refractivity contribution in [2.24, 2.45) is 5.41 Å². The van der Waals surface area contributed by atoms with E-state index < -0.39 is 0 Å². The summed E-state index contributed by atoms with van der Waals surface area (Å²) >= 11 is 5.86. The number of aryl methyl sites for hydroxylation is 1. The van der Waals surface area contributed by atoms with Crippen LogP contribution >= 0.6 is 11.6 Å². The molecule has 1 aromatic heterocycles. The summed E-state index contributed by atoms with van der Waals surface area (Å²) in [5.41, 5.74) is 1.59. The summed E-state index contributed by atoms with van der Waals surface area (Å²) in [5.74, 6) is -0.294. The van der Waals surface area contributed by atoms with Gasteiger partial charge in [0.15, 0.2) is 0 Å². The first kappa shape index (κ1) is 14.3. The van der Waals surface area contributed by atoms with Crippen LogP contribution in [0.1, 0.15) is 55.6 Å². The van der Waals surface area contributed by atoms with Crippen molar-refractivity contribution in [3.8, 4) is 0 Å². The van der Waals surface area contributed by atoms with Gasteiger partial charge in [0.05, 0.1) is 5.56 Å². The largest absolute Gasteiger partial charge is 0.459 e. The number of nitrogens with zero attached hydrogens (tertiary/aromatic N) is 1. The maximum Gasteiger partial charge on any atom is 0.338 e. The van der Waals surface area contributed by atoms with Crippen LogP contribution in [-0.4, -0.2) is 17.1 Å². The van der Waals surface area contributed by atoms with Crippen molar-refractivity contribution in [3.63, 3.8) is 0 Å². The Morgan fingerprint density at radius 2 is 2.00 bits per heavy atom. The monoisotopic (exact) mass is 281 g/mol. The number of carbonyl (C=O) groups excluding carboxylic acids is 1. The van der Waals surface area contributed by atoms with Crippen LogP contribution in [0.15, 0.2) is 12.1 Å². The lowest BCUT2D eigenvalue weighted by Gasteiger charge is -2.33. The lowest BCUT2D eigenvalue weighted by Crippen LogP contribution is -2.28. The summed E-state index contributed by atoms with van der Waals surface area (Å²) < 4.78 is 5.56. The van der Waals surface area contributed by atoms with E-state index >= 15 is 0 Å². The molecule has 0 N–H and O–H groups in total. The molecule has 0 saturated heterocycles. The van der Waals surface area contributed by atoms with Gasteiger partial charge in [0.2, 0.25) is 0 Å². The number of hydrogen-bond donors (Lipinski definition) is 0. The van der Waals surface area contributed by atoms with Crippen LogP contribution in [0.25, 0.3) is 0 Å². The third-order valence-electron chi connectivity index (χ3n) is 3.72. The highest BCUT2D eigenvalue weighted by Gasteiger charge is 2.29. The molecular formula is C15H20ClNO2. The number of esters is 1. The standard InChI is InChI=1S/C15H20ClNO2/c1-10-8-11(9-13(16)17-10)14(18)19-12-4-6-15(2,3)7-5-12/h8-9,12H,4-7H2,1-3H3. The van der Waals surface area contributed by atoms with Crippen molar-refractivity contribution < 1.29 is 9.53 Å². The number of rotatable bonds is 2. The zero-order chi connectivity index (χ0) is 14.0. The van der Waals surface area contributed by atoms with Crippen molar-refractivity contribution >= 4 is 17.6 Å². The first-order valence-corrected chi connectivity index (χ1v) is 7.09. The summed E-state index contributed by atoms with van der Waals surface area (Å²) in [7, 11) is 0. The fraction of sp³-hybridized carbons (Fsp3) is 0.600. The van der Waals surface area contributed by atoms with E-state index in [9.17, 15) is 4.79 Å². The average molecular weight is 282 g/mol. The van der Waals surface area contributed by atoms with E-state index in [4.69, 9.17) is 16.3 Å². The Morgan fingerprint density at radius 3 is 2.58 bits per heavy atom. The number of halogens is 1. The molecule has 1 heterocycles. The van der Waals surface area contributed by atoms with Gasteiger partial charge in [0, 0.05) is 5.69 Å². The minimum absolute atomic E-state index is 0.0350. The number of carbonyl (C=O) groups is 1. The topological polar surface area (TPSA) is 39.2 Å². The molecule has 1 aliphatic rings. The maximum atomic E-state index is 12.1. The minimum atomic E-state index is -0.294. The molecule has 0 unspecified atom stereocenters. The predicted molar refractivity (Wildman–Crippen MR) is 75.4 cm³/mol. The average Bonchev–Trinajstić information content (AvgIpc) is 2.30. The normalized spacial score (nSPS) is 19.2. The molecule has 0 atom stereocenters. The third-order valence-corrected chi connectivity index (χ3v) is 3.91. The van der Waals surface area contributed by atoms with E-state index in [0.29, 0.717) is 16.1 Å². The van der Waals surface area contributed by atoms with Crippen LogP contribution in [0.4, 0.5) is 0 Å². The Kier molecular flexibility index (Phi) is 4.14. The van der Waals surface area contributed by atoms with Gasteiger partial charge in [0.1, 0.15) is 11.3 Å². The fourth-order valence-electron chi connectivity index (χ4n) is 2.46. The van der Waals surface area contributed by atoms with Crippen molar-refractivity contribution in [2.45, 2.75) is 52.6 Å². The first-order chi connectivity index (χ1) is 8.85. The Bertz CT molecular complexity index is 455. The molecule has 0 aromatic carbocycles. The van der Waals surface area contributed by atoms with Crippen LogP contribution < -0.4 is 0 Å². The Hall–Kier alpha value is -1.09. The van der Waals surface area contributed by atoms with Gasteiger partial charge in [0.25, 0.3) is 0 Å². The molecule has 1 aliphatic carbocycles. The molecule has 0 radical (unpaired) electrons. The van der Waals surface area contributed by atoms with Gasteiger partial charge in [-0.3, -0.25) is 0 Å². The zero-order valence-electron chi connectivity index (χ0n) is 11.7. The summed E-state index contributed by atoms with van der Waals surface area (Å²) in [4.78, 5) is 16.1. The molecule has 0 bridgehead atoms. The molecule has 0 amide bonds. The second-order valence-corrected chi connectivity index (χ2v) is 6.48. The van der Waals surface area contributed by atoms with Crippen LogP contribution in [0.3, 0.4) is 0 Å². The predicted octanol–water partition coefficient (Wildman–Crippen LogP) is 4.17. The van der Waals surface area contributed by atoms with E-state index in [1.54, 1.807) is 12.1 Å². The molecule has 1 aromatic rings. The fourth-order valence-corrected chi connectivity index (χ4v) is 2.71. The highest BCUT2D eigenvalue weighted by Crippen LogP contribution is 2.36. The summed E-state index contributed by atoms with van der Waals surface area (Å²) in [6, 6.07) is 3.27. The smallest absolute Gasteiger partial charge is 0.338 e. The van der Waals surface area contributed by atoms with E-state index in [-0.39, 0.29) is 12.1 Å². The van der Waals surface area contributed by atoms with Crippen LogP contribution in [0.2, 0.25) is 5.15 Å². The van der Waals surface area contributed by atoms with E-state index in [2.05, 4.69) is 18.8 Å². The molecule has 3 nitrogen and oxygen atoms in total. The van der Waals surface area contributed by atoms with Crippen molar-refractivity contribution in [1.82, 2.24) is 4.98 Å². The van der Waals surface area contributed by atoms with Gasteiger partial charge < -0.3 is 4.74 Å². The van der Waals surface area contributed by atoms with Crippen molar-refractivity contribution in [2.75, 3.05) is 0 Å². The van der Waals surface area contributed by atoms with Gasteiger partial charge >= 0.3 is 5.97 Å². The molecule has 19 heavy (non-hydrogen) atoms. The molecule has 0 spiro atoms. The second-order valence-electron chi connectivity index (χ2n) is 6.09. The van der Waals surface area contributed by atoms with Gasteiger partial charge in [-0.15, -0.1) is 0 Å². The number of aromatic nitrogens is 1. The Morgan fingerprint density at radius 1 is 1.37 bits per heavy atom. The zero-order valence-corrected chi connectivity index (χ0v) is 12.5. The molecular weight excluding hydrogens is 262 g/mol. The van der Waals surface area contributed by atoms with Crippen LogP contribution in [-0.2, 0) is 4.74 Å². The number of pyridine rings is 1. The van der Waals surface area contributed by atoms with Gasteiger partial charge in [-0.2, -0.15) is 0 Å². The molecule has 104 valence electrons. The van der Waals surface area contributed by atoms with Gasteiger partial charge in [-0.25, -0.2) is 9.78 Å². The van der Waals surface area contributed by atoms with Gasteiger partial charge in [-0.05, 0) is 50.2 Å². The van der Waals surface area contributed by atoms with Crippen molar-refractivity contribution in [1.29, 1.82) is 0 Å². The summed E-state index contributed by atoms with van der Waals surface area (Å²) in [6.45, 7) is 6.33. The first-order valence-electron chi connectivity index (χ1n) is 6.71. The number of hydrogen-bond acceptors (Lipinski definition) is 3. The SMILES string of the molecule is Cc1cc(C(=O)OC2CCC(C)(C)CC2)cc(Cl)n1. The lowest BCUT2D eigenvalue weighted by atomic mass is 9.76. The molecule has 1 saturated carbocycles. The molecule has 4 heteroatoms. The van der Waals surface area contributed by atoms with Crippen LogP contribution in [0, 0.1) is 12.3 Å². The summed E-state index contributed by atoms with van der Waals surface area (Å²) in [6.07, 6.45) is 4.11. The van der Waals surface area contributed by atoms with E-state index in [1.807, 2.05) is 6.92 Å². The highest BCUT2D eigenvalue weighted by atomic mass is 35.5. The quantitative estimate of drug-likeness (QED) is 0.603. The third kappa shape index (κ3) is 3.93.